The number of nitrogen functional groups attached to an aromatic ring is 1. The smallest absolute Gasteiger partial charge is 0.393 e. The molecule has 90 valence electrons. The van der Waals surface area contributed by atoms with Crippen LogP contribution in [0.3, 0.4) is 0 Å². The summed E-state index contributed by atoms with van der Waals surface area (Å²) in [4.78, 5) is 23.8. The molecule has 0 saturated carbocycles. The molecule has 0 bridgehead atoms. The molecule has 0 aliphatic heterocycles. The Bertz CT molecular complexity index is 479. The molecule has 0 saturated heterocycles. The van der Waals surface area contributed by atoms with Gasteiger partial charge in [-0.05, 0) is 11.8 Å². The first-order valence-corrected chi connectivity index (χ1v) is 5.08. The Morgan fingerprint density at radius 2 is 2.06 bits per heavy atom. The first kappa shape index (κ1) is 12.7. The molecular formula is C7H8F3N3O2S. The van der Waals surface area contributed by atoms with Crippen molar-refractivity contribution in [1.29, 1.82) is 0 Å². The van der Waals surface area contributed by atoms with Crippen molar-refractivity contribution in [3.8, 4) is 0 Å². The molecule has 5 nitrogen and oxygen atoms in total. The summed E-state index contributed by atoms with van der Waals surface area (Å²) in [5.41, 5.74) is -0.854. The van der Waals surface area contributed by atoms with Crippen molar-refractivity contribution in [3.05, 3.63) is 27.0 Å². The van der Waals surface area contributed by atoms with Gasteiger partial charge >= 0.3 is 11.2 Å². The molecule has 0 aliphatic carbocycles. The first-order chi connectivity index (χ1) is 7.29. The van der Waals surface area contributed by atoms with Crippen LogP contribution in [-0.4, -0.2) is 20.8 Å². The summed E-state index contributed by atoms with van der Waals surface area (Å²) >= 11 is -0.245. The molecule has 9 heteroatoms. The lowest BCUT2D eigenvalue weighted by Crippen LogP contribution is -2.31. The van der Waals surface area contributed by atoms with Gasteiger partial charge in [-0.1, -0.05) is 0 Å². The Morgan fingerprint density at radius 3 is 2.62 bits per heavy atom. The molecule has 0 aliphatic rings. The number of nitrogens with one attached hydrogen (secondary N) is 1. The first-order valence-electron chi connectivity index (χ1n) is 4.09. The Balaban J connectivity index is 2.72. The number of thioether (sulfide) groups is 1. The number of hydrogen-bond acceptors (Lipinski definition) is 4. The normalized spacial score (nSPS) is 11.7. The van der Waals surface area contributed by atoms with Crippen molar-refractivity contribution in [2.24, 2.45) is 0 Å². The number of H-pyrrole nitrogens is 1. The van der Waals surface area contributed by atoms with Crippen molar-refractivity contribution in [3.63, 3.8) is 0 Å². The van der Waals surface area contributed by atoms with E-state index in [1.54, 1.807) is 0 Å². The minimum absolute atomic E-state index is 0.177. The van der Waals surface area contributed by atoms with Crippen LogP contribution in [0.4, 0.5) is 18.9 Å². The van der Waals surface area contributed by atoms with Gasteiger partial charge in [-0.15, -0.1) is 0 Å². The van der Waals surface area contributed by atoms with E-state index in [1.807, 2.05) is 4.98 Å². The lowest BCUT2D eigenvalue weighted by Gasteiger charge is -2.07. The third kappa shape index (κ3) is 3.65. The number of halogens is 3. The second kappa shape index (κ2) is 4.64. The van der Waals surface area contributed by atoms with Gasteiger partial charge in [-0.25, -0.2) is 4.79 Å². The summed E-state index contributed by atoms with van der Waals surface area (Å²) in [5.74, 6) is -0.325. The van der Waals surface area contributed by atoms with Crippen LogP contribution in [0.1, 0.15) is 0 Å². The number of aromatic nitrogens is 2. The van der Waals surface area contributed by atoms with Crippen molar-refractivity contribution in [2.45, 2.75) is 12.1 Å². The maximum absolute atomic E-state index is 11.8. The fourth-order valence-electron chi connectivity index (χ4n) is 0.952. The molecule has 0 radical (unpaired) electrons. The fourth-order valence-corrected chi connectivity index (χ4v) is 1.47. The van der Waals surface area contributed by atoms with E-state index in [0.29, 0.717) is 0 Å². The Labute approximate surface area is 91.5 Å². The average molecular weight is 255 g/mol. The molecule has 0 unspecified atom stereocenters. The number of rotatable bonds is 3. The van der Waals surface area contributed by atoms with Gasteiger partial charge in [0.1, 0.15) is 5.69 Å². The second-order valence-corrected chi connectivity index (χ2v) is 3.99. The van der Waals surface area contributed by atoms with Crippen LogP contribution < -0.4 is 17.0 Å². The van der Waals surface area contributed by atoms with E-state index in [4.69, 9.17) is 5.73 Å². The highest BCUT2D eigenvalue weighted by atomic mass is 32.2. The van der Waals surface area contributed by atoms with Crippen molar-refractivity contribution >= 4 is 17.4 Å². The summed E-state index contributed by atoms with van der Waals surface area (Å²) in [6.07, 6.45) is 1.03. The fraction of sp³-hybridized carbons (Fsp3) is 0.429. The predicted octanol–water partition coefficient (Wildman–Crippen LogP) is 0.372. The van der Waals surface area contributed by atoms with E-state index < -0.39 is 16.8 Å². The zero-order valence-electron chi connectivity index (χ0n) is 7.87. The van der Waals surface area contributed by atoms with Crippen LogP contribution in [0, 0.1) is 0 Å². The number of hydrogen-bond donors (Lipinski definition) is 2. The van der Waals surface area contributed by atoms with Gasteiger partial charge in [-0.2, -0.15) is 13.2 Å². The highest BCUT2D eigenvalue weighted by Crippen LogP contribution is 2.29. The van der Waals surface area contributed by atoms with E-state index in [0.717, 1.165) is 10.8 Å². The van der Waals surface area contributed by atoms with Crippen LogP contribution in [0.15, 0.2) is 15.8 Å². The highest BCUT2D eigenvalue weighted by molar-refractivity contribution is 8.00. The molecular weight excluding hydrogens is 247 g/mol. The summed E-state index contributed by atoms with van der Waals surface area (Å²) in [6, 6.07) is 0. The minimum Gasteiger partial charge on any atom is -0.393 e. The Kier molecular flexibility index (Phi) is 3.68. The average Bonchev–Trinajstić information content (AvgIpc) is 2.11. The summed E-state index contributed by atoms with van der Waals surface area (Å²) in [7, 11) is 0. The third-order valence-electron chi connectivity index (χ3n) is 1.64. The molecule has 16 heavy (non-hydrogen) atoms. The van der Waals surface area contributed by atoms with Gasteiger partial charge in [0.15, 0.2) is 0 Å². The molecule has 3 N–H and O–H groups in total. The largest absolute Gasteiger partial charge is 0.441 e. The van der Waals surface area contributed by atoms with Gasteiger partial charge in [-0.3, -0.25) is 14.3 Å². The number of anilines is 1. The van der Waals surface area contributed by atoms with E-state index in [1.165, 1.54) is 0 Å². The summed E-state index contributed by atoms with van der Waals surface area (Å²) < 4.78 is 36.3. The van der Waals surface area contributed by atoms with Crippen LogP contribution in [0.2, 0.25) is 0 Å². The number of nitrogens with two attached hydrogens (primary N) is 1. The van der Waals surface area contributed by atoms with Gasteiger partial charge < -0.3 is 5.73 Å². The van der Waals surface area contributed by atoms with Gasteiger partial charge in [0, 0.05) is 18.5 Å². The highest BCUT2D eigenvalue weighted by Gasteiger charge is 2.27. The van der Waals surface area contributed by atoms with Crippen molar-refractivity contribution in [2.75, 3.05) is 11.5 Å². The molecule has 1 rings (SSSR count). The molecule has 1 aromatic rings. The van der Waals surface area contributed by atoms with Gasteiger partial charge in [0.2, 0.25) is 0 Å². The van der Waals surface area contributed by atoms with Crippen molar-refractivity contribution in [1.82, 2.24) is 9.55 Å². The standard InChI is InChI=1S/C7H8F3N3O2S/c8-7(9,10)16-2-1-13-3-4(11)5(14)12-6(13)15/h3H,1-2,11H2,(H,12,14,15). The van der Waals surface area contributed by atoms with Crippen LogP contribution >= 0.6 is 11.8 Å². The van der Waals surface area contributed by atoms with E-state index >= 15 is 0 Å². The molecule has 0 aromatic carbocycles. The Hall–Kier alpha value is -1.38. The van der Waals surface area contributed by atoms with Crippen molar-refractivity contribution < 1.29 is 13.2 Å². The number of alkyl halides is 3. The second-order valence-electron chi connectivity index (χ2n) is 2.83. The lowest BCUT2D eigenvalue weighted by atomic mass is 10.5. The zero-order chi connectivity index (χ0) is 12.3. The van der Waals surface area contributed by atoms with Crippen LogP contribution in [-0.2, 0) is 6.54 Å². The third-order valence-corrected chi connectivity index (χ3v) is 2.35. The molecule has 1 aromatic heterocycles. The van der Waals surface area contributed by atoms with Crippen LogP contribution in [0.25, 0.3) is 0 Å². The van der Waals surface area contributed by atoms with Gasteiger partial charge in [0.05, 0.1) is 0 Å². The number of aromatic amines is 1. The zero-order valence-corrected chi connectivity index (χ0v) is 8.69. The van der Waals surface area contributed by atoms with E-state index in [-0.39, 0.29) is 29.7 Å². The predicted molar refractivity (Wildman–Crippen MR) is 54.2 cm³/mol. The van der Waals surface area contributed by atoms with E-state index in [2.05, 4.69) is 0 Å². The molecule has 0 fully saturated rings. The quantitative estimate of drug-likeness (QED) is 0.817. The summed E-state index contributed by atoms with van der Waals surface area (Å²) in [6.45, 7) is -0.177. The topological polar surface area (TPSA) is 80.9 Å². The lowest BCUT2D eigenvalue weighted by molar-refractivity contribution is -0.0328. The maximum Gasteiger partial charge on any atom is 0.441 e. The maximum atomic E-state index is 11.8. The minimum atomic E-state index is -4.34. The number of aryl methyl sites for hydroxylation is 1. The van der Waals surface area contributed by atoms with Crippen LogP contribution in [0.5, 0.6) is 0 Å². The molecule has 0 spiro atoms. The monoisotopic (exact) mass is 255 g/mol. The Morgan fingerprint density at radius 1 is 1.44 bits per heavy atom. The summed E-state index contributed by atoms with van der Waals surface area (Å²) in [5, 5.41) is 0. The molecule has 0 atom stereocenters. The van der Waals surface area contributed by atoms with E-state index in [9.17, 15) is 22.8 Å². The van der Waals surface area contributed by atoms with Gasteiger partial charge in [0.25, 0.3) is 5.56 Å². The number of nitrogens with zero attached hydrogens (tertiary/aromatic N) is 1. The molecule has 1 heterocycles. The SMILES string of the molecule is Nc1cn(CCSC(F)(F)F)c(=O)[nH]c1=O. The molecule has 0 amide bonds.